The molecule has 6 rings (SSSR count). The summed E-state index contributed by atoms with van der Waals surface area (Å²) in [5.74, 6) is -2.34. The molecule has 3 aromatic carbocycles. The molecule has 0 saturated carbocycles. The molecule has 0 saturated heterocycles. The zero-order chi connectivity index (χ0) is 48.2. The topological polar surface area (TPSA) is 130 Å². The Bertz CT molecular complexity index is 2720. The maximum Gasteiger partial charge on any atom is 0.305 e. The summed E-state index contributed by atoms with van der Waals surface area (Å²) in [5, 5.41) is 0. The molecule has 0 fully saturated rings. The molecule has 0 radical (unpaired) electrons. The predicted molar refractivity (Wildman–Crippen MR) is 258 cm³/mol. The minimum absolute atomic E-state index is 0.111. The number of hydrogen-bond donors (Lipinski definition) is 1. The van der Waals surface area contributed by atoms with Crippen LogP contribution >= 0.6 is 0 Å². The maximum absolute atomic E-state index is 16.8. The largest absolute Gasteiger partial charge is 0.469 e. The molecule has 3 aromatic rings. The average molecular weight is 948 g/mol. The van der Waals surface area contributed by atoms with Gasteiger partial charge in [0.2, 0.25) is 5.69 Å². The van der Waals surface area contributed by atoms with E-state index in [1.54, 1.807) is 6.07 Å². The van der Waals surface area contributed by atoms with Crippen molar-refractivity contribution in [2.75, 3.05) is 38.0 Å². The van der Waals surface area contributed by atoms with Crippen molar-refractivity contribution in [3.8, 4) is 0 Å². The molecule has 2 heterocycles. The van der Waals surface area contributed by atoms with Gasteiger partial charge in [0.25, 0.3) is 20.2 Å². The Balaban J connectivity index is 1.50. The van der Waals surface area contributed by atoms with E-state index in [0.717, 1.165) is 77.0 Å². The fourth-order valence-electron chi connectivity index (χ4n) is 9.74. The number of hydrogen-bond acceptors (Lipinski definition) is 8. The maximum atomic E-state index is 16.8. The summed E-state index contributed by atoms with van der Waals surface area (Å²) in [5.41, 5.74) is 8.69. The minimum atomic E-state index is -4.26. The molecule has 0 amide bonds. The predicted octanol–water partition coefficient (Wildman–Crippen LogP) is 10.9. The van der Waals surface area contributed by atoms with Crippen LogP contribution in [0.5, 0.6) is 0 Å². The third-order valence-corrected chi connectivity index (χ3v) is 15.2. The van der Waals surface area contributed by atoms with Crippen LogP contribution in [-0.4, -0.2) is 70.7 Å². The molecule has 3 aliphatic rings. The molecule has 10 nitrogen and oxygen atoms in total. The van der Waals surface area contributed by atoms with E-state index in [1.165, 1.54) is 19.2 Å². The molecule has 1 aliphatic carbocycles. The molecule has 0 atom stereocenters. The Kier molecular flexibility index (Phi) is 15.8. The van der Waals surface area contributed by atoms with Gasteiger partial charge in [-0.2, -0.15) is 21.4 Å². The van der Waals surface area contributed by atoms with Crippen molar-refractivity contribution in [2.45, 2.75) is 122 Å². The monoisotopic (exact) mass is 947 g/mol. The van der Waals surface area contributed by atoms with Crippen LogP contribution in [0.1, 0.15) is 126 Å². The van der Waals surface area contributed by atoms with Gasteiger partial charge in [-0.3, -0.25) is 13.5 Å². The van der Waals surface area contributed by atoms with Crippen molar-refractivity contribution in [3.05, 3.63) is 135 Å². The number of nitrogens with zero attached hydrogens (tertiary/aromatic N) is 2. The van der Waals surface area contributed by atoms with Gasteiger partial charge in [-0.05, 0) is 129 Å². The van der Waals surface area contributed by atoms with Gasteiger partial charge < -0.3 is 9.64 Å². The van der Waals surface area contributed by atoms with Gasteiger partial charge in [0.1, 0.15) is 23.9 Å². The third kappa shape index (κ3) is 11.3. The number of aryl methyl sites for hydroxylation is 2. The van der Waals surface area contributed by atoms with E-state index in [-0.39, 0.29) is 23.7 Å². The highest BCUT2D eigenvalue weighted by atomic mass is 32.2. The average Bonchev–Trinajstić information content (AvgIpc) is 3.59. The quantitative estimate of drug-likeness (QED) is 0.0410. The summed E-state index contributed by atoms with van der Waals surface area (Å²) in [4.78, 5) is 13.8. The van der Waals surface area contributed by atoms with E-state index < -0.39 is 48.5 Å². The summed E-state index contributed by atoms with van der Waals surface area (Å²) >= 11 is 0. The smallest absolute Gasteiger partial charge is 0.305 e. The molecule has 356 valence electrons. The molecule has 0 aromatic heterocycles. The van der Waals surface area contributed by atoms with Gasteiger partial charge in [0.15, 0.2) is 5.71 Å². The zero-order valence-electron chi connectivity index (χ0n) is 39.6. The lowest BCUT2D eigenvalue weighted by atomic mass is 9.79. The van der Waals surface area contributed by atoms with E-state index in [2.05, 4.69) is 56.2 Å². The lowest BCUT2D eigenvalue weighted by molar-refractivity contribution is -0.438. The van der Waals surface area contributed by atoms with Gasteiger partial charge in [0, 0.05) is 53.9 Å². The van der Waals surface area contributed by atoms with Crippen LogP contribution in [-0.2, 0) is 57.0 Å². The number of halogens is 2. The van der Waals surface area contributed by atoms with E-state index in [4.69, 9.17) is 8.92 Å². The number of anilines is 1. The van der Waals surface area contributed by atoms with Crippen molar-refractivity contribution in [1.29, 1.82) is 0 Å². The first kappa shape index (κ1) is 50.6. The second kappa shape index (κ2) is 20.6. The zero-order valence-corrected chi connectivity index (χ0v) is 41.2. The number of benzene rings is 3. The van der Waals surface area contributed by atoms with Gasteiger partial charge in [-0.25, -0.2) is 8.78 Å². The highest BCUT2D eigenvalue weighted by Gasteiger charge is 2.45. The van der Waals surface area contributed by atoms with Crippen LogP contribution in [0.4, 0.5) is 20.2 Å². The summed E-state index contributed by atoms with van der Waals surface area (Å²) < 4.78 is 103. The molecule has 14 heteroatoms. The fourth-order valence-corrected chi connectivity index (χ4v) is 11.0. The van der Waals surface area contributed by atoms with Crippen molar-refractivity contribution in [1.82, 2.24) is 0 Å². The summed E-state index contributed by atoms with van der Waals surface area (Å²) in [6, 6.07) is 14.5. The number of carbonyl (C=O) groups is 1. The van der Waals surface area contributed by atoms with E-state index in [9.17, 15) is 26.2 Å². The molecule has 0 bridgehead atoms. The van der Waals surface area contributed by atoms with Crippen LogP contribution in [0.25, 0.3) is 5.57 Å². The van der Waals surface area contributed by atoms with Gasteiger partial charge in [-0.1, -0.05) is 63.1 Å². The number of ether oxygens (including phenoxy) is 1. The Morgan fingerprint density at radius 1 is 0.864 bits per heavy atom. The van der Waals surface area contributed by atoms with Crippen molar-refractivity contribution in [3.63, 3.8) is 0 Å². The van der Waals surface area contributed by atoms with E-state index >= 15 is 8.78 Å². The molecule has 66 heavy (non-hydrogen) atoms. The first-order valence-corrected chi connectivity index (χ1v) is 26.1. The SMILES string of the molecule is CCCC[N+]1=C(/C=C/C2=C(c3c(F)cc(CCCCC(=O)OC)cc3F)C(=C/C=C3/N(CCCS(=O)(=O)OC)c4ccc(C)cc4C3(C)C)/CCC2)C(C)(C)c2cc(CS(=O)(=O)O)ccc21. The molecule has 0 spiro atoms. The first-order chi connectivity index (χ1) is 31.1. The normalized spacial score (nSPS) is 18.3. The van der Waals surface area contributed by atoms with Gasteiger partial charge in [-0.15, -0.1) is 0 Å². The second-order valence-corrected chi connectivity index (χ2v) is 22.0. The van der Waals surface area contributed by atoms with Crippen LogP contribution < -0.4 is 4.90 Å². The number of carbonyl (C=O) groups excluding carboxylic acids is 1. The number of rotatable bonds is 19. The minimum Gasteiger partial charge on any atom is -0.469 e. The first-order valence-electron chi connectivity index (χ1n) is 22.9. The summed E-state index contributed by atoms with van der Waals surface area (Å²) in [6.07, 6.45) is 13.7. The molecule has 0 unspecified atom stereocenters. The number of methoxy groups -OCH3 is 1. The van der Waals surface area contributed by atoms with E-state index in [1.807, 2.05) is 49.4 Å². The summed E-state index contributed by atoms with van der Waals surface area (Å²) in [6.45, 7) is 13.7. The van der Waals surface area contributed by atoms with Crippen molar-refractivity contribution < 1.29 is 48.5 Å². The molecule has 1 N–H and O–H groups in total. The number of allylic oxidation sites excluding steroid dienone is 8. The Morgan fingerprint density at radius 2 is 1.59 bits per heavy atom. The Morgan fingerprint density at radius 3 is 2.26 bits per heavy atom. The highest BCUT2D eigenvalue weighted by molar-refractivity contribution is 7.86. The Hall–Kier alpha value is -4.76. The highest BCUT2D eigenvalue weighted by Crippen LogP contribution is 2.49. The van der Waals surface area contributed by atoms with Crippen LogP contribution in [0, 0.1) is 18.6 Å². The van der Waals surface area contributed by atoms with E-state index in [0.29, 0.717) is 68.3 Å². The number of unbranched alkanes of at least 4 members (excludes halogenated alkanes) is 2. The lowest BCUT2D eigenvalue weighted by Crippen LogP contribution is -2.28. The lowest BCUT2D eigenvalue weighted by Gasteiger charge is -2.28. The van der Waals surface area contributed by atoms with Crippen LogP contribution in [0.2, 0.25) is 0 Å². The standard InChI is InChI=1S/C52H64F2N2O8S2/c1-9-10-27-55-45-24-20-37(34-65(58,59)60)31-41(45)52(5,6)47(55)26-22-39-17-13-16-38(49(39)50-42(53)32-36(33-43(50)54)15-11-12-18-48(57)63-7)21-25-46-51(3,4)40-30-35(2)19-23-44(40)56(46)28-14-29-66(61,62)64-8/h19-26,30-33H,9-18,27-29,34H2,1-8H3/p+1. The fraction of sp³-hybridized carbons (Fsp3) is 0.462. The summed E-state index contributed by atoms with van der Waals surface area (Å²) in [7, 11) is -5.45. The Labute approximate surface area is 390 Å². The third-order valence-electron chi connectivity index (χ3n) is 13.2. The van der Waals surface area contributed by atoms with Gasteiger partial charge in [0.05, 0.1) is 31.0 Å². The molecular formula is C52H65F2N2O8S2+. The number of fused-ring (bicyclic) bond motifs is 2. The second-order valence-electron chi connectivity index (χ2n) is 18.7. The van der Waals surface area contributed by atoms with Crippen LogP contribution in [0.15, 0.2) is 89.7 Å². The van der Waals surface area contributed by atoms with Crippen molar-refractivity contribution >= 4 is 48.9 Å². The van der Waals surface area contributed by atoms with Crippen molar-refractivity contribution in [2.24, 2.45) is 0 Å². The molecular weight excluding hydrogens is 883 g/mol. The molecule has 2 aliphatic heterocycles. The number of esters is 1. The van der Waals surface area contributed by atoms with Crippen LogP contribution in [0.3, 0.4) is 0 Å². The van der Waals surface area contributed by atoms with Gasteiger partial charge >= 0.3 is 5.97 Å².